The van der Waals surface area contributed by atoms with Crippen molar-refractivity contribution in [2.45, 2.75) is 20.0 Å². The van der Waals surface area contributed by atoms with Crippen LogP contribution in [0.3, 0.4) is 0 Å². The van der Waals surface area contributed by atoms with Gasteiger partial charge in [-0.05, 0) is 13.8 Å². The summed E-state index contributed by atoms with van der Waals surface area (Å²) in [7, 11) is -0.710. The van der Waals surface area contributed by atoms with Crippen LogP contribution in [0.15, 0.2) is 0 Å². The Balaban J connectivity index is 4.61. The van der Waals surface area contributed by atoms with E-state index >= 15 is 0 Å². The first-order valence-corrected chi connectivity index (χ1v) is 10.9. The summed E-state index contributed by atoms with van der Waals surface area (Å²) in [6, 6.07) is 0. The Labute approximate surface area is 139 Å². The molecule has 140 valence electrons. The number of hydrogen-bond acceptors (Lipinski definition) is 8. The molecule has 8 nitrogen and oxygen atoms in total. The molecule has 10 heteroatoms. The summed E-state index contributed by atoms with van der Waals surface area (Å²) in [5, 5.41) is 0. The predicted octanol–water partition coefficient (Wildman–Crippen LogP) is 2.69. The van der Waals surface area contributed by atoms with Gasteiger partial charge in [-0.25, -0.2) is 0 Å². The van der Waals surface area contributed by atoms with Gasteiger partial charge in [0.15, 0.2) is 0 Å². The first-order valence-electron chi connectivity index (χ1n) is 7.49. The van der Waals surface area contributed by atoms with E-state index in [2.05, 4.69) is 0 Å². The van der Waals surface area contributed by atoms with E-state index in [1.807, 2.05) is 18.7 Å². The second-order valence-corrected chi connectivity index (χ2v) is 9.96. The minimum absolute atomic E-state index is 0.130. The van der Waals surface area contributed by atoms with Gasteiger partial charge in [0, 0.05) is 48.1 Å². The van der Waals surface area contributed by atoms with Gasteiger partial charge in [0.25, 0.3) is 0 Å². The average Bonchev–Trinajstić information content (AvgIpc) is 2.55. The van der Waals surface area contributed by atoms with E-state index in [9.17, 15) is 9.13 Å². The van der Waals surface area contributed by atoms with Crippen LogP contribution in [0, 0.1) is 0 Å². The van der Waals surface area contributed by atoms with Crippen LogP contribution in [-0.4, -0.2) is 78.0 Å². The zero-order valence-electron chi connectivity index (χ0n) is 15.0. The molecule has 0 aliphatic rings. The average molecular weight is 375 g/mol. The highest BCUT2D eigenvalue weighted by Gasteiger charge is 2.25. The number of hydrogen-bond donors (Lipinski definition) is 0. The predicted molar refractivity (Wildman–Crippen MR) is 90.5 cm³/mol. The number of rotatable bonds is 14. The molecule has 0 aliphatic heterocycles. The summed E-state index contributed by atoms with van der Waals surface area (Å²) < 4.78 is 49.6. The summed E-state index contributed by atoms with van der Waals surface area (Å²) in [6.45, 7) is 5.98. The van der Waals surface area contributed by atoms with Crippen LogP contribution in [0.4, 0.5) is 0 Å². The second-order valence-electron chi connectivity index (χ2n) is 5.16. The SMILES string of the molecule is COP(=O)(CCN(CCOC(C)C)CCP(=O)(OC)OC)OC. The van der Waals surface area contributed by atoms with Gasteiger partial charge in [-0.1, -0.05) is 0 Å². The highest BCUT2D eigenvalue weighted by atomic mass is 31.2. The molecule has 0 N–H and O–H groups in total. The zero-order chi connectivity index (χ0) is 17.9. The summed E-state index contributed by atoms with van der Waals surface area (Å²) in [5.74, 6) is 0. The van der Waals surface area contributed by atoms with E-state index in [4.69, 9.17) is 22.8 Å². The third-order valence-electron chi connectivity index (χ3n) is 3.35. The van der Waals surface area contributed by atoms with Gasteiger partial charge in [0.1, 0.15) is 0 Å². The molecule has 23 heavy (non-hydrogen) atoms. The first-order chi connectivity index (χ1) is 10.7. The van der Waals surface area contributed by atoms with Gasteiger partial charge < -0.3 is 22.8 Å². The van der Waals surface area contributed by atoms with E-state index < -0.39 is 15.2 Å². The molecule has 0 radical (unpaired) electrons. The molecule has 0 unspecified atom stereocenters. The fourth-order valence-electron chi connectivity index (χ4n) is 1.79. The molecule has 0 aliphatic carbocycles. The van der Waals surface area contributed by atoms with Crippen LogP contribution in [0.25, 0.3) is 0 Å². The van der Waals surface area contributed by atoms with Crippen molar-refractivity contribution in [2.75, 3.05) is 67.0 Å². The Morgan fingerprint density at radius 2 is 1.17 bits per heavy atom. The van der Waals surface area contributed by atoms with Gasteiger partial charge in [-0.2, -0.15) is 0 Å². The largest absolute Gasteiger partial charge is 0.377 e. The van der Waals surface area contributed by atoms with E-state index in [-0.39, 0.29) is 18.4 Å². The van der Waals surface area contributed by atoms with E-state index in [0.29, 0.717) is 26.2 Å². The molecule has 0 saturated carbocycles. The summed E-state index contributed by atoms with van der Waals surface area (Å²) in [4.78, 5) is 1.98. The van der Waals surface area contributed by atoms with Crippen molar-refractivity contribution in [3.8, 4) is 0 Å². The smallest absolute Gasteiger partial charge is 0.331 e. The lowest BCUT2D eigenvalue weighted by Crippen LogP contribution is -2.33. The van der Waals surface area contributed by atoms with Crippen molar-refractivity contribution in [3.05, 3.63) is 0 Å². The van der Waals surface area contributed by atoms with Crippen molar-refractivity contribution in [1.82, 2.24) is 4.90 Å². The van der Waals surface area contributed by atoms with Crippen molar-refractivity contribution < 1.29 is 32.0 Å². The number of ether oxygens (including phenoxy) is 1. The molecule has 0 bridgehead atoms. The van der Waals surface area contributed by atoms with Crippen molar-refractivity contribution in [2.24, 2.45) is 0 Å². The Bertz CT molecular complexity index is 360. The highest BCUT2D eigenvalue weighted by Crippen LogP contribution is 2.47. The van der Waals surface area contributed by atoms with E-state index in [0.717, 1.165) is 0 Å². The monoisotopic (exact) mass is 375 g/mol. The van der Waals surface area contributed by atoms with Crippen molar-refractivity contribution in [1.29, 1.82) is 0 Å². The minimum Gasteiger partial charge on any atom is -0.377 e. The molecule has 0 aromatic heterocycles. The van der Waals surface area contributed by atoms with Crippen LogP contribution >= 0.6 is 15.2 Å². The van der Waals surface area contributed by atoms with Crippen molar-refractivity contribution >= 4 is 15.2 Å². The maximum atomic E-state index is 12.1. The Morgan fingerprint density at radius 3 is 1.48 bits per heavy atom. The molecule has 0 spiro atoms. The molecule has 0 heterocycles. The Morgan fingerprint density at radius 1 is 0.783 bits per heavy atom. The fourth-order valence-corrected chi connectivity index (χ4v) is 3.88. The third kappa shape index (κ3) is 9.95. The van der Waals surface area contributed by atoms with Gasteiger partial charge in [0.2, 0.25) is 0 Å². The lowest BCUT2D eigenvalue weighted by atomic mass is 10.4. The van der Waals surface area contributed by atoms with Crippen molar-refractivity contribution in [3.63, 3.8) is 0 Å². The first kappa shape index (κ1) is 23.2. The normalized spacial score (nSPS) is 13.2. The maximum absolute atomic E-state index is 12.1. The quantitative estimate of drug-likeness (QED) is 0.429. The second kappa shape index (κ2) is 11.7. The minimum atomic E-state index is -3.08. The Kier molecular flexibility index (Phi) is 11.8. The molecular weight excluding hydrogens is 344 g/mol. The van der Waals surface area contributed by atoms with Gasteiger partial charge in [0.05, 0.1) is 25.0 Å². The molecule has 0 aromatic carbocycles. The summed E-state index contributed by atoms with van der Waals surface area (Å²) in [6.07, 6.45) is 0.614. The zero-order valence-corrected chi connectivity index (χ0v) is 16.8. The lowest BCUT2D eigenvalue weighted by Gasteiger charge is -2.25. The van der Waals surface area contributed by atoms with Gasteiger partial charge >= 0.3 is 15.2 Å². The molecule has 0 aromatic rings. The lowest BCUT2D eigenvalue weighted by molar-refractivity contribution is 0.0607. The summed E-state index contributed by atoms with van der Waals surface area (Å²) in [5.41, 5.74) is 0. The van der Waals surface area contributed by atoms with Crippen LogP contribution in [0.2, 0.25) is 0 Å². The van der Waals surface area contributed by atoms with Gasteiger partial charge in [-0.3, -0.25) is 14.0 Å². The summed E-state index contributed by atoms with van der Waals surface area (Å²) >= 11 is 0. The topological polar surface area (TPSA) is 83.5 Å². The van der Waals surface area contributed by atoms with Crippen LogP contribution < -0.4 is 0 Å². The Hall–Kier alpha value is 0.220. The standard InChI is InChI=1S/C13H31NO7P2/c1-13(2)21-10-7-14(8-11-22(15,17-3)18-4)9-12-23(16,19-5)20-6/h13H,7-12H2,1-6H3. The van der Waals surface area contributed by atoms with E-state index in [1.54, 1.807) is 0 Å². The molecule has 0 fully saturated rings. The van der Waals surface area contributed by atoms with Crippen LogP contribution in [-0.2, 0) is 32.0 Å². The third-order valence-corrected chi connectivity index (χ3v) is 7.07. The number of nitrogens with zero attached hydrogens (tertiary/aromatic N) is 1. The fraction of sp³-hybridized carbons (Fsp3) is 1.00. The molecule has 0 saturated heterocycles. The molecule has 0 amide bonds. The van der Waals surface area contributed by atoms with E-state index in [1.165, 1.54) is 28.4 Å². The highest BCUT2D eigenvalue weighted by molar-refractivity contribution is 7.54. The van der Waals surface area contributed by atoms with Crippen LogP contribution in [0.5, 0.6) is 0 Å². The molecule has 0 rings (SSSR count). The maximum Gasteiger partial charge on any atom is 0.331 e. The van der Waals surface area contributed by atoms with Crippen LogP contribution in [0.1, 0.15) is 13.8 Å². The molecular formula is C13H31NO7P2. The van der Waals surface area contributed by atoms with Gasteiger partial charge in [-0.15, -0.1) is 0 Å². The molecule has 0 atom stereocenters.